The molecule has 0 radical (unpaired) electrons. The van der Waals surface area contributed by atoms with E-state index in [1.165, 1.54) is 0 Å². The highest BCUT2D eigenvalue weighted by molar-refractivity contribution is 5.76. The molecule has 0 bridgehead atoms. The molecule has 0 saturated heterocycles. The molecule has 18 heavy (non-hydrogen) atoms. The number of carbonyl (C=O) groups excluding carboxylic acids is 1. The van der Waals surface area contributed by atoms with Crippen LogP contribution in [-0.2, 0) is 4.79 Å². The fourth-order valence-electron chi connectivity index (χ4n) is 1.72. The maximum atomic E-state index is 11.4. The lowest BCUT2D eigenvalue weighted by molar-refractivity contribution is -0.122. The number of methoxy groups -OCH3 is 1. The topological polar surface area (TPSA) is 58.6 Å². The zero-order chi connectivity index (χ0) is 13.5. The van der Waals surface area contributed by atoms with E-state index in [9.17, 15) is 9.90 Å². The van der Waals surface area contributed by atoms with Crippen LogP contribution in [0.2, 0.25) is 0 Å². The summed E-state index contributed by atoms with van der Waals surface area (Å²) in [5, 5.41) is 12.9. The molecule has 0 aliphatic carbocycles. The molecule has 2 atom stereocenters. The highest BCUT2D eigenvalue weighted by Crippen LogP contribution is 2.20. The number of benzene rings is 1. The van der Waals surface area contributed by atoms with Gasteiger partial charge >= 0.3 is 0 Å². The maximum absolute atomic E-state index is 11.4. The van der Waals surface area contributed by atoms with Crippen molar-refractivity contribution in [1.82, 2.24) is 5.32 Å². The van der Waals surface area contributed by atoms with Crippen LogP contribution in [0.3, 0.4) is 0 Å². The summed E-state index contributed by atoms with van der Waals surface area (Å²) in [7, 11) is 1.60. The van der Waals surface area contributed by atoms with Gasteiger partial charge in [0.15, 0.2) is 0 Å². The largest absolute Gasteiger partial charge is 0.497 e. The Bertz CT molecular complexity index is 375. The number of amides is 1. The molecule has 2 unspecified atom stereocenters. The van der Waals surface area contributed by atoms with E-state index in [4.69, 9.17) is 4.74 Å². The first-order valence-corrected chi connectivity index (χ1v) is 6.19. The number of hydrogen-bond acceptors (Lipinski definition) is 3. The predicted molar refractivity (Wildman–Crippen MR) is 70.5 cm³/mol. The van der Waals surface area contributed by atoms with Gasteiger partial charge in [-0.05, 0) is 31.0 Å². The lowest BCUT2D eigenvalue weighted by Gasteiger charge is -2.20. The molecule has 0 fully saturated rings. The summed E-state index contributed by atoms with van der Waals surface area (Å²) in [6, 6.07) is 6.87. The van der Waals surface area contributed by atoms with Gasteiger partial charge < -0.3 is 15.2 Å². The van der Waals surface area contributed by atoms with Crippen molar-refractivity contribution in [2.75, 3.05) is 7.11 Å². The SMILES string of the molecule is CCCC(=O)NC(C)C(O)c1ccc(OC)cc1. The molecule has 0 aromatic heterocycles. The van der Waals surface area contributed by atoms with Crippen LogP contribution in [0.1, 0.15) is 38.4 Å². The van der Waals surface area contributed by atoms with E-state index >= 15 is 0 Å². The second-order valence-electron chi connectivity index (χ2n) is 4.32. The molecule has 4 nitrogen and oxygen atoms in total. The number of nitrogens with one attached hydrogen (secondary N) is 1. The number of hydrogen-bond donors (Lipinski definition) is 2. The first kappa shape index (κ1) is 14.5. The van der Waals surface area contributed by atoms with Crippen molar-refractivity contribution in [3.8, 4) is 5.75 Å². The van der Waals surface area contributed by atoms with E-state index in [0.29, 0.717) is 6.42 Å². The summed E-state index contributed by atoms with van der Waals surface area (Å²) in [4.78, 5) is 11.4. The molecule has 0 saturated carbocycles. The van der Waals surface area contributed by atoms with Gasteiger partial charge in [0.25, 0.3) is 0 Å². The molecule has 2 N–H and O–H groups in total. The summed E-state index contributed by atoms with van der Waals surface area (Å²) in [6.07, 6.45) is 0.577. The quantitative estimate of drug-likeness (QED) is 0.813. The molecule has 100 valence electrons. The molecule has 0 spiro atoms. The van der Waals surface area contributed by atoms with Crippen LogP contribution in [0.5, 0.6) is 5.75 Å². The average Bonchev–Trinajstić information content (AvgIpc) is 2.38. The highest BCUT2D eigenvalue weighted by atomic mass is 16.5. The second-order valence-corrected chi connectivity index (χ2v) is 4.32. The van der Waals surface area contributed by atoms with Crippen LogP contribution >= 0.6 is 0 Å². The van der Waals surface area contributed by atoms with Gasteiger partial charge in [-0.3, -0.25) is 4.79 Å². The molecular formula is C14H21NO3. The Morgan fingerprint density at radius 1 is 1.39 bits per heavy atom. The molecular weight excluding hydrogens is 230 g/mol. The standard InChI is InChI=1S/C14H21NO3/c1-4-5-13(16)15-10(2)14(17)11-6-8-12(18-3)9-7-11/h6-10,14,17H,4-5H2,1-3H3,(H,15,16). The van der Waals surface area contributed by atoms with Crippen molar-refractivity contribution in [3.05, 3.63) is 29.8 Å². The van der Waals surface area contributed by atoms with Gasteiger partial charge in [-0.15, -0.1) is 0 Å². The molecule has 0 heterocycles. The number of rotatable bonds is 6. The Morgan fingerprint density at radius 2 is 2.00 bits per heavy atom. The van der Waals surface area contributed by atoms with Crippen LogP contribution in [0, 0.1) is 0 Å². The van der Waals surface area contributed by atoms with Crippen molar-refractivity contribution < 1.29 is 14.6 Å². The summed E-state index contributed by atoms with van der Waals surface area (Å²) >= 11 is 0. The Hall–Kier alpha value is -1.55. The van der Waals surface area contributed by atoms with Gasteiger partial charge in [0.1, 0.15) is 5.75 Å². The van der Waals surface area contributed by atoms with Gasteiger partial charge in [0.2, 0.25) is 5.91 Å². The van der Waals surface area contributed by atoms with Crippen molar-refractivity contribution in [2.24, 2.45) is 0 Å². The minimum absolute atomic E-state index is 0.0300. The zero-order valence-corrected chi connectivity index (χ0v) is 11.1. The summed E-state index contributed by atoms with van der Waals surface area (Å²) in [5.41, 5.74) is 0.764. The highest BCUT2D eigenvalue weighted by Gasteiger charge is 2.17. The van der Waals surface area contributed by atoms with E-state index in [1.807, 2.05) is 6.92 Å². The number of ether oxygens (including phenoxy) is 1. The lowest BCUT2D eigenvalue weighted by atomic mass is 10.0. The minimum Gasteiger partial charge on any atom is -0.497 e. The summed E-state index contributed by atoms with van der Waals surface area (Å²) < 4.78 is 5.05. The molecule has 0 aliphatic rings. The van der Waals surface area contributed by atoms with E-state index < -0.39 is 6.10 Å². The van der Waals surface area contributed by atoms with Crippen LogP contribution in [0.15, 0.2) is 24.3 Å². The summed E-state index contributed by atoms with van der Waals surface area (Å²) in [5.74, 6) is 0.714. The van der Waals surface area contributed by atoms with E-state index in [-0.39, 0.29) is 11.9 Å². The first-order valence-electron chi connectivity index (χ1n) is 6.19. The molecule has 1 aromatic rings. The monoisotopic (exact) mass is 251 g/mol. The van der Waals surface area contributed by atoms with Crippen LogP contribution in [-0.4, -0.2) is 24.2 Å². The minimum atomic E-state index is -0.711. The Morgan fingerprint density at radius 3 is 2.50 bits per heavy atom. The molecule has 1 rings (SSSR count). The third-order valence-electron chi connectivity index (χ3n) is 2.80. The fraction of sp³-hybridized carbons (Fsp3) is 0.500. The molecule has 4 heteroatoms. The summed E-state index contributed by atoms with van der Waals surface area (Å²) in [6.45, 7) is 3.74. The maximum Gasteiger partial charge on any atom is 0.220 e. The van der Waals surface area contributed by atoms with Crippen LogP contribution in [0.4, 0.5) is 0 Å². The Balaban J connectivity index is 2.61. The van der Waals surface area contributed by atoms with Crippen molar-refractivity contribution in [1.29, 1.82) is 0 Å². The number of carbonyl (C=O) groups is 1. The average molecular weight is 251 g/mol. The van der Waals surface area contributed by atoms with E-state index in [0.717, 1.165) is 17.7 Å². The second kappa shape index (κ2) is 7.01. The number of aliphatic hydroxyl groups excluding tert-OH is 1. The van der Waals surface area contributed by atoms with E-state index in [1.54, 1.807) is 38.3 Å². The van der Waals surface area contributed by atoms with Gasteiger partial charge in [-0.25, -0.2) is 0 Å². The normalized spacial score (nSPS) is 13.8. The van der Waals surface area contributed by atoms with Crippen LogP contribution < -0.4 is 10.1 Å². The zero-order valence-electron chi connectivity index (χ0n) is 11.1. The molecule has 0 aliphatic heterocycles. The predicted octanol–water partition coefficient (Wildman–Crippen LogP) is 2.03. The Labute approximate surface area is 108 Å². The number of aliphatic hydroxyl groups is 1. The van der Waals surface area contributed by atoms with Crippen molar-refractivity contribution >= 4 is 5.91 Å². The smallest absolute Gasteiger partial charge is 0.220 e. The molecule has 1 amide bonds. The Kier molecular flexibility index (Phi) is 5.65. The van der Waals surface area contributed by atoms with E-state index in [2.05, 4.69) is 5.32 Å². The van der Waals surface area contributed by atoms with Gasteiger partial charge in [0.05, 0.1) is 19.3 Å². The van der Waals surface area contributed by atoms with Gasteiger partial charge in [0, 0.05) is 6.42 Å². The molecule has 1 aromatic carbocycles. The lowest BCUT2D eigenvalue weighted by Crippen LogP contribution is -2.36. The van der Waals surface area contributed by atoms with Crippen LogP contribution in [0.25, 0.3) is 0 Å². The van der Waals surface area contributed by atoms with Gasteiger partial charge in [-0.2, -0.15) is 0 Å². The third kappa shape index (κ3) is 4.04. The van der Waals surface area contributed by atoms with Crippen molar-refractivity contribution in [2.45, 2.75) is 38.8 Å². The fourth-order valence-corrected chi connectivity index (χ4v) is 1.72. The van der Waals surface area contributed by atoms with Crippen molar-refractivity contribution in [3.63, 3.8) is 0 Å². The third-order valence-corrected chi connectivity index (χ3v) is 2.80. The van der Waals surface area contributed by atoms with Gasteiger partial charge in [-0.1, -0.05) is 19.1 Å². The first-order chi connectivity index (χ1) is 8.58.